The van der Waals surface area contributed by atoms with Gasteiger partial charge in [0.15, 0.2) is 4.96 Å². The quantitative estimate of drug-likeness (QED) is 0.420. The van der Waals surface area contributed by atoms with Crippen molar-refractivity contribution in [1.29, 1.82) is 0 Å². The van der Waals surface area contributed by atoms with Crippen molar-refractivity contribution in [2.24, 2.45) is 0 Å². The van der Waals surface area contributed by atoms with Gasteiger partial charge in [-0.2, -0.15) is 0 Å². The van der Waals surface area contributed by atoms with Gasteiger partial charge in [0.25, 0.3) is 0 Å². The number of aryl methyl sites for hydroxylation is 1. The van der Waals surface area contributed by atoms with Crippen LogP contribution in [0.25, 0.3) is 16.2 Å². The Labute approximate surface area is 194 Å². The van der Waals surface area contributed by atoms with Crippen LogP contribution in [-0.4, -0.2) is 46.4 Å². The van der Waals surface area contributed by atoms with Gasteiger partial charge < -0.3 is 9.80 Å². The molecule has 0 radical (unpaired) electrons. The summed E-state index contributed by atoms with van der Waals surface area (Å²) < 4.78 is 15.5. The van der Waals surface area contributed by atoms with Crippen molar-refractivity contribution in [3.63, 3.8) is 0 Å². The van der Waals surface area contributed by atoms with Gasteiger partial charge in [0, 0.05) is 54.7 Å². The molecule has 1 fully saturated rings. The highest BCUT2D eigenvalue weighted by atomic mass is 35.5. The molecular weight excluding hydrogens is 447 g/mol. The molecule has 0 N–H and O–H groups in total. The monoisotopic (exact) mass is 468 g/mol. The average molecular weight is 469 g/mol. The van der Waals surface area contributed by atoms with Crippen LogP contribution in [0.3, 0.4) is 0 Å². The van der Waals surface area contributed by atoms with E-state index in [1.54, 1.807) is 23.5 Å². The molecule has 0 bridgehead atoms. The fourth-order valence-corrected chi connectivity index (χ4v) is 5.03. The predicted octanol–water partition coefficient (Wildman–Crippen LogP) is 5.06. The van der Waals surface area contributed by atoms with Crippen molar-refractivity contribution in [1.82, 2.24) is 14.3 Å². The first-order valence-corrected chi connectivity index (χ1v) is 11.7. The highest BCUT2D eigenvalue weighted by molar-refractivity contribution is 7.15. The molecule has 8 heteroatoms. The molecule has 2 aromatic heterocycles. The normalized spacial score (nSPS) is 14.3. The van der Waals surface area contributed by atoms with E-state index < -0.39 is 5.82 Å². The lowest BCUT2D eigenvalue weighted by Crippen LogP contribution is -2.49. The molecule has 32 heavy (non-hydrogen) atoms. The van der Waals surface area contributed by atoms with Crippen LogP contribution in [0.2, 0.25) is 5.02 Å². The number of rotatable bonds is 4. The van der Waals surface area contributed by atoms with Crippen LogP contribution < -0.4 is 4.90 Å². The minimum absolute atomic E-state index is 0.104. The van der Waals surface area contributed by atoms with Crippen LogP contribution in [0.15, 0.2) is 54.0 Å². The number of aromatic nitrogens is 2. The van der Waals surface area contributed by atoms with E-state index in [2.05, 4.69) is 36.1 Å². The van der Waals surface area contributed by atoms with Crippen LogP contribution >= 0.6 is 22.9 Å². The van der Waals surface area contributed by atoms with Crippen molar-refractivity contribution < 1.29 is 9.18 Å². The number of piperazine rings is 1. The fraction of sp³-hybridized carbons (Fsp3) is 0.250. The van der Waals surface area contributed by atoms with Crippen LogP contribution in [0.4, 0.5) is 10.1 Å². The van der Waals surface area contributed by atoms with E-state index in [0.29, 0.717) is 32.6 Å². The third-order valence-corrected chi connectivity index (χ3v) is 7.04. The Morgan fingerprint density at radius 2 is 1.88 bits per heavy atom. The van der Waals surface area contributed by atoms with Gasteiger partial charge in [0.1, 0.15) is 5.82 Å². The molecular formula is C24H22ClFN4OS. The summed E-state index contributed by atoms with van der Waals surface area (Å²) in [6.45, 7) is 4.69. The topological polar surface area (TPSA) is 40.9 Å². The van der Waals surface area contributed by atoms with E-state index in [4.69, 9.17) is 16.6 Å². The lowest BCUT2D eigenvalue weighted by atomic mass is 10.1. The van der Waals surface area contributed by atoms with E-state index in [9.17, 15) is 9.18 Å². The largest absolute Gasteiger partial charge is 0.368 e. The summed E-state index contributed by atoms with van der Waals surface area (Å²) in [5.74, 6) is -0.316. The van der Waals surface area contributed by atoms with Crippen molar-refractivity contribution in [2.45, 2.75) is 13.3 Å². The number of hydrogen-bond donors (Lipinski definition) is 0. The van der Waals surface area contributed by atoms with Crippen molar-refractivity contribution in [3.8, 4) is 11.3 Å². The molecule has 5 rings (SSSR count). The molecule has 0 aliphatic carbocycles. The summed E-state index contributed by atoms with van der Waals surface area (Å²) in [4.78, 5) is 22.6. The molecule has 164 valence electrons. The first kappa shape index (κ1) is 21.0. The van der Waals surface area contributed by atoms with Gasteiger partial charge in [-0.15, -0.1) is 11.3 Å². The molecule has 0 saturated carbocycles. The zero-order chi connectivity index (χ0) is 22.2. The number of carbonyl (C=O) groups excluding carboxylic acids is 1. The number of carbonyl (C=O) groups is 1. The summed E-state index contributed by atoms with van der Waals surface area (Å²) in [5.41, 5.74) is 5.03. The second kappa shape index (κ2) is 8.56. The Morgan fingerprint density at radius 1 is 1.12 bits per heavy atom. The minimum atomic E-state index is -0.420. The predicted molar refractivity (Wildman–Crippen MR) is 127 cm³/mol. The zero-order valence-electron chi connectivity index (χ0n) is 17.6. The molecule has 1 aliphatic heterocycles. The van der Waals surface area contributed by atoms with Crippen molar-refractivity contribution in [3.05, 3.63) is 76.1 Å². The summed E-state index contributed by atoms with van der Waals surface area (Å²) in [5, 5.41) is 2.13. The van der Waals surface area contributed by atoms with Gasteiger partial charge in [-0.05, 0) is 25.1 Å². The lowest BCUT2D eigenvalue weighted by molar-refractivity contribution is -0.130. The number of benzene rings is 2. The number of halogens is 2. The van der Waals surface area contributed by atoms with Crippen molar-refractivity contribution >= 4 is 39.5 Å². The number of imidazole rings is 1. The number of fused-ring (bicyclic) bond motifs is 1. The van der Waals surface area contributed by atoms with Crippen LogP contribution in [-0.2, 0) is 11.2 Å². The third kappa shape index (κ3) is 4.10. The molecule has 0 spiro atoms. The molecule has 1 amide bonds. The molecule has 1 saturated heterocycles. The lowest BCUT2D eigenvalue weighted by Gasteiger charge is -2.36. The third-order valence-electron chi connectivity index (χ3n) is 5.86. The Balaban J connectivity index is 1.25. The number of nitrogens with zero attached hydrogens (tertiary/aromatic N) is 4. The number of hydrogen-bond acceptors (Lipinski definition) is 4. The maximum atomic E-state index is 13.4. The molecule has 5 nitrogen and oxygen atoms in total. The Hall–Kier alpha value is -2.90. The first-order valence-electron chi connectivity index (χ1n) is 10.5. The molecule has 1 aliphatic rings. The SMILES string of the molecule is Cc1ccc(-c2cn3c(CC(=O)N4CCN(c5ccc(F)c(Cl)c5)CC4)csc3n2)cc1. The van der Waals surface area contributed by atoms with E-state index in [1.807, 2.05) is 20.9 Å². The van der Waals surface area contributed by atoms with E-state index in [1.165, 1.54) is 11.6 Å². The average Bonchev–Trinajstić information content (AvgIpc) is 3.38. The fourth-order valence-electron chi connectivity index (χ4n) is 3.98. The summed E-state index contributed by atoms with van der Waals surface area (Å²) in [7, 11) is 0. The maximum absolute atomic E-state index is 13.4. The van der Waals surface area contributed by atoms with Crippen LogP contribution in [0, 0.1) is 12.7 Å². The summed E-state index contributed by atoms with van der Waals surface area (Å²) in [6.07, 6.45) is 2.35. The summed E-state index contributed by atoms with van der Waals surface area (Å²) in [6, 6.07) is 13.0. The molecule has 0 unspecified atom stereocenters. The molecule has 2 aromatic carbocycles. The van der Waals surface area contributed by atoms with Gasteiger partial charge in [-0.1, -0.05) is 41.4 Å². The highest BCUT2D eigenvalue weighted by Crippen LogP contribution is 2.26. The highest BCUT2D eigenvalue weighted by Gasteiger charge is 2.23. The van der Waals surface area contributed by atoms with Gasteiger partial charge in [0.05, 0.1) is 17.1 Å². The standard InChI is InChI=1S/C24H22ClFN4OS/c1-16-2-4-17(5-3-16)22-14-30-19(15-32-24(30)27-22)13-23(31)29-10-8-28(9-11-29)18-6-7-21(26)20(25)12-18/h2-7,12,14-15H,8-11,13H2,1H3. The molecule has 0 atom stereocenters. The van der Waals surface area contributed by atoms with Crippen molar-refractivity contribution in [2.75, 3.05) is 31.1 Å². The molecule has 3 heterocycles. The second-order valence-corrected chi connectivity index (χ2v) is 9.26. The van der Waals surface area contributed by atoms with E-state index in [-0.39, 0.29) is 10.9 Å². The zero-order valence-corrected chi connectivity index (χ0v) is 19.2. The van der Waals surface area contributed by atoms with E-state index in [0.717, 1.165) is 27.6 Å². The van der Waals surface area contributed by atoms with Crippen LogP contribution in [0.5, 0.6) is 0 Å². The Kier molecular flexibility index (Phi) is 5.61. The minimum Gasteiger partial charge on any atom is -0.368 e. The van der Waals surface area contributed by atoms with Gasteiger partial charge in [-0.25, -0.2) is 9.37 Å². The van der Waals surface area contributed by atoms with Gasteiger partial charge in [-0.3, -0.25) is 9.20 Å². The number of anilines is 1. The second-order valence-electron chi connectivity index (χ2n) is 8.01. The van der Waals surface area contributed by atoms with Crippen LogP contribution in [0.1, 0.15) is 11.3 Å². The first-order chi connectivity index (χ1) is 15.5. The van der Waals surface area contributed by atoms with E-state index >= 15 is 0 Å². The smallest absolute Gasteiger partial charge is 0.228 e. The summed E-state index contributed by atoms with van der Waals surface area (Å²) >= 11 is 7.47. The van der Waals surface area contributed by atoms with Gasteiger partial charge in [0.2, 0.25) is 5.91 Å². The molecule has 4 aromatic rings. The number of thiazole rings is 1. The number of amides is 1. The maximum Gasteiger partial charge on any atom is 0.228 e. The van der Waals surface area contributed by atoms with Gasteiger partial charge >= 0.3 is 0 Å². The Morgan fingerprint density at radius 3 is 2.59 bits per heavy atom. The Bertz CT molecular complexity index is 1280.